The van der Waals surface area contributed by atoms with Crippen LogP contribution < -0.4 is 0 Å². The number of aliphatic hydroxyl groups excluding tert-OH is 1. The highest BCUT2D eigenvalue weighted by atomic mass is 16.5. The summed E-state index contributed by atoms with van der Waals surface area (Å²) in [7, 11) is 1.69. The molecule has 0 spiro atoms. The number of hydrogen-bond acceptors (Lipinski definition) is 4. The van der Waals surface area contributed by atoms with Gasteiger partial charge in [0.25, 0.3) is 0 Å². The summed E-state index contributed by atoms with van der Waals surface area (Å²) in [6.07, 6.45) is 1.15. The Morgan fingerprint density at radius 1 is 1.08 bits per heavy atom. The summed E-state index contributed by atoms with van der Waals surface area (Å²) in [6, 6.07) is 0. The zero-order valence-electron chi connectivity index (χ0n) is 8.49. The second-order valence-electron chi connectivity index (χ2n) is 2.78. The van der Waals surface area contributed by atoms with E-state index < -0.39 is 0 Å². The van der Waals surface area contributed by atoms with Gasteiger partial charge in [0.1, 0.15) is 0 Å². The van der Waals surface area contributed by atoms with Gasteiger partial charge in [-0.3, -0.25) is 0 Å². The minimum absolute atomic E-state index is 0.0701. The van der Waals surface area contributed by atoms with Crippen molar-refractivity contribution in [2.45, 2.75) is 19.4 Å². The average molecular weight is 192 g/mol. The zero-order valence-corrected chi connectivity index (χ0v) is 8.49. The Morgan fingerprint density at radius 3 is 2.23 bits per heavy atom. The lowest BCUT2D eigenvalue weighted by Gasteiger charge is -2.09. The van der Waals surface area contributed by atoms with Gasteiger partial charge in [0.15, 0.2) is 0 Å². The van der Waals surface area contributed by atoms with E-state index in [1.807, 2.05) is 6.92 Å². The molecule has 4 heteroatoms. The summed E-state index contributed by atoms with van der Waals surface area (Å²) < 4.78 is 15.3. The molecule has 0 aliphatic carbocycles. The first-order valence-corrected chi connectivity index (χ1v) is 4.60. The highest BCUT2D eigenvalue weighted by molar-refractivity contribution is 4.46. The largest absolute Gasteiger partial charge is 0.394 e. The Hall–Kier alpha value is -0.160. The predicted molar refractivity (Wildman–Crippen MR) is 49.8 cm³/mol. The first-order valence-electron chi connectivity index (χ1n) is 4.60. The molecule has 1 atom stereocenters. The smallest absolute Gasteiger partial charge is 0.0701 e. The molecule has 4 nitrogen and oxygen atoms in total. The molecule has 0 amide bonds. The summed E-state index contributed by atoms with van der Waals surface area (Å²) >= 11 is 0. The molecule has 80 valence electrons. The lowest BCUT2D eigenvalue weighted by atomic mass is 10.3. The highest BCUT2D eigenvalue weighted by Crippen LogP contribution is 1.94. The van der Waals surface area contributed by atoms with E-state index in [2.05, 4.69) is 0 Å². The van der Waals surface area contributed by atoms with Crippen molar-refractivity contribution < 1.29 is 19.3 Å². The summed E-state index contributed by atoms with van der Waals surface area (Å²) in [6.45, 7) is 4.28. The van der Waals surface area contributed by atoms with Crippen LogP contribution in [-0.4, -0.2) is 51.4 Å². The second kappa shape index (κ2) is 9.92. The van der Waals surface area contributed by atoms with Gasteiger partial charge in [-0.05, 0) is 13.3 Å². The maximum atomic E-state index is 8.39. The van der Waals surface area contributed by atoms with Gasteiger partial charge in [0.05, 0.1) is 32.5 Å². The molecule has 0 radical (unpaired) electrons. The van der Waals surface area contributed by atoms with Crippen LogP contribution >= 0.6 is 0 Å². The molecule has 13 heavy (non-hydrogen) atoms. The van der Waals surface area contributed by atoms with Crippen LogP contribution in [0.1, 0.15) is 13.3 Å². The summed E-state index contributed by atoms with van der Waals surface area (Å²) in [5.41, 5.74) is 0. The Kier molecular flexibility index (Phi) is 9.80. The molecule has 0 aromatic heterocycles. The van der Waals surface area contributed by atoms with Crippen LogP contribution in [0.15, 0.2) is 0 Å². The first kappa shape index (κ1) is 12.8. The van der Waals surface area contributed by atoms with Crippen LogP contribution in [0.2, 0.25) is 0 Å². The van der Waals surface area contributed by atoms with E-state index in [-0.39, 0.29) is 12.7 Å². The van der Waals surface area contributed by atoms with E-state index in [4.69, 9.17) is 19.3 Å². The van der Waals surface area contributed by atoms with Crippen LogP contribution in [0.25, 0.3) is 0 Å². The summed E-state index contributed by atoms with van der Waals surface area (Å²) in [5.74, 6) is 0. The fourth-order valence-corrected chi connectivity index (χ4v) is 0.754. The number of rotatable bonds is 9. The number of hydrogen-bond donors (Lipinski definition) is 1. The van der Waals surface area contributed by atoms with E-state index in [0.717, 1.165) is 6.42 Å². The lowest BCUT2D eigenvalue weighted by Crippen LogP contribution is -2.12. The molecular formula is C9H20O4. The third-order valence-corrected chi connectivity index (χ3v) is 1.68. The Bertz CT molecular complexity index is 97.6. The predicted octanol–water partition coefficient (Wildman–Crippen LogP) is 0.437. The van der Waals surface area contributed by atoms with Crippen molar-refractivity contribution in [3.05, 3.63) is 0 Å². The van der Waals surface area contributed by atoms with Crippen molar-refractivity contribution in [2.75, 3.05) is 40.1 Å². The second-order valence-corrected chi connectivity index (χ2v) is 2.78. The van der Waals surface area contributed by atoms with Crippen molar-refractivity contribution in [3.8, 4) is 0 Å². The first-order chi connectivity index (χ1) is 6.31. The molecule has 0 aromatic carbocycles. The minimum atomic E-state index is 0.0701. The average Bonchev–Trinajstić information content (AvgIpc) is 2.16. The van der Waals surface area contributed by atoms with Gasteiger partial charge >= 0.3 is 0 Å². The van der Waals surface area contributed by atoms with Crippen LogP contribution in [0, 0.1) is 0 Å². The SMILES string of the molecule is COC(C)CCOCCOCCO. The minimum Gasteiger partial charge on any atom is -0.394 e. The van der Waals surface area contributed by atoms with E-state index in [0.29, 0.717) is 26.4 Å². The Balaban J connectivity index is 2.91. The van der Waals surface area contributed by atoms with Crippen molar-refractivity contribution >= 4 is 0 Å². The standard InChI is InChI=1S/C9H20O4/c1-9(11-2)3-5-12-7-8-13-6-4-10/h9-10H,3-8H2,1-2H3. The van der Waals surface area contributed by atoms with Crippen LogP contribution in [0.5, 0.6) is 0 Å². The van der Waals surface area contributed by atoms with E-state index in [1.54, 1.807) is 7.11 Å². The number of ether oxygens (including phenoxy) is 3. The molecule has 0 heterocycles. The molecule has 1 unspecified atom stereocenters. The van der Waals surface area contributed by atoms with Gasteiger partial charge in [0.2, 0.25) is 0 Å². The zero-order chi connectivity index (χ0) is 9.94. The molecule has 0 fully saturated rings. The van der Waals surface area contributed by atoms with E-state index in [9.17, 15) is 0 Å². The molecular weight excluding hydrogens is 172 g/mol. The van der Waals surface area contributed by atoms with Crippen LogP contribution in [0.4, 0.5) is 0 Å². The van der Waals surface area contributed by atoms with Crippen LogP contribution in [0.3, 0.4) is 0 Å². The van der Waals surface area contributed by atoms with E-state index in [1.165, 1.54) is 0 Å². The summed E-state index contributed by atoms with van der Waals surface area (Å²) in [4.78, 5) is 0. The highest BCUT2D eigenvalue weighted by Gasteiger charge is 1.97. The van der Waals surface area contributed by atoms with Crippen molar-refractivity contribution in [3.63, 3.8) is 0 Å². The van der Waals surface area contributed by atoms with Crippen molar-refractivity contribution in [1.29, 1.82) is 0 Å². The quantitative estimate of drug-likeness (QED) is 0.538. The van der Waals surface area contributed by atoms with Gasteiger partial charge in [-0.25, -0.2) is 0 Å². The van der Waals surface area contributed by atoms with Gasteiger partial charge in [-0.2, -0.15) is 0 Å². The Morgan fingerprint density at radius 2 is 1.69 bits per heavy atom. The fourth-order valence-electron chi connectivity index (χ4n) is 0.754. The van der Waals surface area contributed by atoms with E-state index >= 15 is 0 Å². The molecule has 1 N–H and O–H groups in total. The van der Waals surface area contributed by atoms with Gasteiger partial charge in [0, 0.05) is 13.7 Å². The van der Waals surface area contributed by atoms with Gasteiger partial charge in [-0.15, -0.1) is 0 Å². The fraction of sp³-hybridized carbons (Fsp3) is 1.00. The summed E-state index contributed by atoms with van der Waals surface area (Å²) in [5, 5.41) is 8.39. The topological polar surface area (TPSA) is 47.9 Å². The number of aliphatic hydroxyl groups is 1. The van der Waals surface area contributed by atoms with Gasteiger partial charge in [-0.1, -0.05) is 0 Å². The third kappa shape index (κ3) is 9.76. The van der Waals surface area contributed by atoms with Crippen LogP contribution in [-0.2, 0) is 14.2 Å². The molecule has 0 saturated heterocycles. The maximum Gasteiger partial charge on any atom is 0.0701 e. The molecule has 0 aromatic rings. The molecule has 0 rings (SSSR count). The third-order valence-electron chi connectivity index (χ3n) is 1.68. The molecule has 0 aliphatic heterocycles. The maximum absolute atomic E-state index is 8.39. The van der Waals surface area contributed by atoms with Crippen molar-refractivity contribution in [2.24, 2.45) is 0 Å². The van der Waals surface area contributed by atoms with Gasteiger partial charge < -0.3 is 19.3 Å². The molecule has 0 aliphatic rings. The molecule has 0 saturated carbocycles. The monoisotopic (exact) mass is 192 g/mol. The number of methoxy groups -OCH3 is 1. The lowest BCUT2D eigenvalue weighted by molar-refractivity contribution is 0.0178. The Labute approximate surface area is 79.8 Å². The normalized spacial score (nSPS) is 13.2. The van der Waals surface area contributed by atoms with Crippen molar-refractivity contribution in [1.82, 2.24) is 0 Å². The molecule has 0 bridgehead atoms.